The summed E-state index contributed by atoms with van der Waals surface area (Å²) in [4.78, 5) is 27.6. The first-order valence-electron chi connectivity index (χ1n) is 10.00. The van der Waals surface area contributed by atoms with Crippen LogP contribution in [-0.2, 0) is 19.0 Å². The Morgan fingerprint density at radius 2 is 1.77 bits per heavy atom. The van der Waals surface area contributed by atoms with Gasteiger partial charge in [-0.1, -0.05) is 11.6 Å². The smallest absolute Gasteiger partial charge is 0.463 e. The average molecular weight is 469 g/mol. The third-order valence-electron chi connectivity index (χ3n) is 4.63. The van der Waals surface area contributed by atoms with Crippen molar-refractivity contribution in [2.24, 2.45) is 0 Å². The maximum Gasteiger partial charge on any atom is 0.523 e. The Labute approximate surface area is 184 Å². The van der Waals surface area contributed by atoms with Crippen molar-refractivity contribution in [2.45, 2.75) is 52.2 Å². The molecule has 1 amide bonds. The van der Waals surface area contributed by atoms with Gasteiger partial charge in [0.2, 0.25) is 0 Å². The van der Waals surface area contributed by atoms with Crippen molar-refractivity contribution in [1.82, 2.24) is 9.80 Å². The predicted molar refractivity (Wildman–Crippen MR) is 107 cm³/mol. The molecule has 0 aromatic heterocycles. The number of hydrogen-bond acceptors (Lipinski definition) is 6. The number of halogens is 4. The molecule has 7 nitrogen and oxygen atoms in total. The minimum Gasteiger partial charge on any atom is -0.463 e. The van der Waals surface area contributed by atoms with Crippen molar-refractivity contribution in [3.63, 3.8) is 0 Å². The van der Waals surface area contributed by atoms with Gasteiger partial charge in [-0.15, -0.1) is 13.2 Å². The van der Waals surface area contributed by atoms with Gasteiger partial charge in [0.15, 0.2) is 0 Å². The van der Waals surface area contributed by atoms with Gasteiger partial charge in [-0.3, -0.25) is 9.64 Å². The number of ether oxygens (including phenoxy) is 3. The summed E-state index contributed by atoms with van der Waals surface area (Å²) in [7, 11) is 0. The number of carbonyl (C=O) groups is 2. The number of allylic oxidation sites excluding steroid dienone is 2. The summed E-state index contributed by atoms with van der Waals surface area (Å²) in [5, 5.41) is 0.0260. The fourth-order valence-corrected chi connectivity index (χ4v) is 3.57. The Morgan fingerprint density at radius 1 is 1.16 bits per heavy atom. The van der Waals surface area contributed by atoms with Crippen molar-refractivity contribution >= 4 is 23.7 Å². The lowest BCUT2D eigenvalue weighted by Crippen LogP contribution is -2.51. The molecule has 0 saturated carbocycles. The normalized spacial score (nSPS) is 21.1. The molecule has 0 radical (unpaired) electrons. The van der Waals surface area contributed by atoms with Gasteiger partial charge in [0.05, 0.1) is 12.7 Å². The van der Waals surface area contributed by atoms with Crippen LogP contribution in [-0.4, -0.2) is 79.3 Å². The third-order valence-corrected chi connectivity index (χ3v) is 4.98. The van der Waals surface area contributed by atoms with E-state index in [0.29, 0.717) is 26.2 Å². The van der Waals surface area contributed by atoms with Crippen LogP contribution in [0.1, 0.15) is 34.1 Å². The maximum absolute atomic E-state index is 13.0. The molecule has 1 atom stereocenters. The summed E-state index contributed by atoms with van der Waals surface area (Å²) in [6.07, 6.45) is -5.70. The topological polar surface area (TPSA) is 68.3 Å². The van der Waals surface area contributed by atoms with Crippen LogP contribution in [0.4, 0.5) is 18.0 Å². The zero-order valence-corrected chi connectivity index (χ0v) is 18.8. The van der Waals surface area contributed by atoms with Gasteiger partial charge in [-0.2, -0.15) is 0 Å². The van der Waals surface area contributed by atoms with Gasteiger partial charge in [0.1, 0.15) is 5.60 Å². The lowest BCUT2D eigenvalue weighted by molar-refractivity contribution is -0.337. The number of nitrogens with zero attached hydrogens (tertiary/aromatic N) is 2. The first kappa shape index (κ1) is 25.5. The first-order valence-corrected chi connectivity index (χ1v) is 10.4. The van der Waals surface area contributed by atoms with E-state index in [1.807, 2.05) is 4.90 Å². The zero-order valence-electron chi connectivity index (χ0n) is 18.1. The molecular weight excluding hydrogens is 441 g/mol. The zero-order chi connectivity index (χ0) is 23.4. The predicted octanol–water partition coefficient (Wildman–Crippen LogP) is 3.83. The third kappa shape index (κ3) is 8.01. The number of piperazine rings is 1. The van der Waals surface area contributed by atoms with Crippen LogP contribution in [0.15, 0.2) is 22.3 Å². The van der Waals surface area contributed by atoms with Crippen molar-refractivity contribution in [3.8, 4) is 0 Å². The van der Waals surface area contributed by atoms with Crippen LogP contribution in [0.3, 0.4) is 0 Å². The molecule has 0 aromatic carbocycles. The van der Waals surface area contributed by atoms with E-state index in [2.05, 4.69) is 4.74 Å². The molecule has 2 rings (SSSR count). The minimum atomic E-state index is -4.89. The van der Waals surface area contributed by atoms with E-state index in [9.17, 15) is 22.8 Å². The largest absolute Gasteiger partial charge is 0.523 e. The molecule has 2 aliphatic rings. The van der Waals surface area contributed by atoms with E-state index < -0.39 is 30.1 Å². The van der Waals surface area contributed by atoms with E-state index >= 15 is 0 Å². The molecule has 0 spiro atoms. The van der Waals surface area contributed by atoms with Gasteiger partial charge >= 0.3 is 18.4 Å². The van der Waals surface area contributed by atoms with Gasteiger partial charge in [0.25, 0.3) is 0 Å². The Kier molecular flexibility index (Phi) is 8.40. The summed E-state index contributed by atoms with van der Waals surface area (Å²) >= 11 is 6.25. The minimum absolute atomic E-state index is 0.0260. The molecule has 1 heterocycles. The molecule has 1 aliphatic carbocycles. The standard InChI is InChI=1S/C20H28ClF3N2O5/c1-5-29-17(27)13-10-15(21)14(16(11-13)30-20(22,23)24)12-25-6-8-26(9-7-25)18(28)31-19(2,3)4/h10,16H,5-9,11-12H2,1-4H3. The van der Waals surface area contributed by atoms with E-state index in [4.69, 9.17) is 21.1 Å². The number of alkyl halides is 3. The van der Waals surface area contributed by atoms with E-state index in [1.165, 1.54) is 6.08 Å². The SMILES string of the molecule is CCOC(=O)C1=CC(Cl)=C(CN2CCN(C(=O)OC(C)(C)C)CC2)C(OC(F)(F)F)C1. The monoisotopic (exact) mass is 468 g/mol. The Bertz CT molecular complexity index is 738. The van der Waals surface area contributed by atoms with E-state index in [-0.39, 0.29) is 35.8 Å². The summed E-state index contributed by atoms with van der Waals surface area (Å²) in [6.45, 7) is 8.74. The van der Waals surface area contributed by atoms with Gasteiger partial charge in [0, 0.05) is 49.7 Å². The van der Waals surface area contributed by atoms with Crippen molar-refractivity contribution in [2.75, 3.05) is 39.3 Å². The van der Waals surface area contributed by atoms with Crippen LogP contribution in [0.5, 0.6) is 0 Å². The Balaban J connectivity index is 2.09. The summed E-state index contributed by atoms with van der Waals surface area (Å²) in [5.41, 5.74) is -0.350. The second-order valence-corrected chi connectivity index (χ2v) is 8.67. The maximum atomic E-state index is 13.0. The van der Waals surface area contributed by atoms with Crippen LogP contribution in [0.25, 0.3) is 0 Å². The molecule has 0 bridgehead atoms. The summed E-state index contributed by atoms with van der Waals surface area (Å²) in [6, 6.07) is 0. The van der Waals surface area contributed by atoms with Crippen molar-refractivity contribution in [3.05, 3.63) is 22.3 Å². The molecule has 0 N–H and O–H groups in total. The highest BCUT2D eigenvalue weighted by Crippen LogP contribution is 2.34. The lowest BCUT2D eigenvalue weighted by atomic mass is 9.94. The average Bonchev–Trinajstić information content (AvgIpc) is 2.62. The fraction of sp³-hybridized carbons (Fsp3) is 0.700. The fourth-order valence-electron chi connectivity index (χ4n) is 3.25. The number of carbonyl (C=O) groups excluding carboxylic acids is 2. The second-order valence-electron chi connectivity index (χ2n) is 8.26. The molecule has 11 heteroatoms. The van der Waals surface area contributed by atoms with Gasteiger partial charge < -0.3 is 14.4 Å². The molecular formula is C20H28ClF3N2O5. The van der Waals surface area contributed by atoms with E-state index in [1.54, 1.807) is 32.6 Å². The van der Waals surface area contributed by atoms with Crippen LogP contribution in [0, 0.1) is 0 Å². The quantitative estimate of drug-likeness (QED) is 0.571. The highest BCUT2D eigenvalue weighted by atomic mass is 35.5. The molecule has 176 valence electrons. The summed E-state index contributed by atoms with van der Waals surface area (Å²) in [5.74, 6) is -0.721. The second kappa shape index (κ2) is 10.2. The molecule has 1 saturated heterocycles. The van der Waals surface area contributed by atoms with Crippen LogP contribution < -0.4 is 0 Å². The molecule has 1 unspecified atom stereocenters. The highest BCUT2D eigenvalue weighted by molar-refractivity contribution is 6.32. The highest BCUT2D eigenvalue weighted by Gasteiger charge is 2.39. The molecule has 1 fully saturated rings. The number of esters is 1. The van der Waals surface area contributed by atoms with Crippen LogP contribution in [0.2, 0.25) is 0 Å². The van der Waals surface area contributed by atoms with Crippen molar-refractivity contribution in [1.29, 1.82) is 0 Å². The van der Waals surface area contributed by atoms with E-state index in [0.717, 1.165) is 0 Å². The van der Waals surface area contributed by atoms with Crippen molar-refractivity contribution < 1.29 is 37.0 Å². The first-order chi connectivity index (χ1) is 14.3. The Hall–Kier alpha value is -1.78. The molecule has 1 aliphatic heterocycles. The molecule has 31 heavy (non-hydrogen) atoms. The Morgan fingerprint density at radius 3 is 2.29 bits per heavy atom. The number of rotatable bonds is 5. The lowest BCUT2D eigenvalue weighted by Gasteiger charge is -2.37. The van der Waals surface area contributed by atoms with Gasteiger partial charge in [-0.05, 0) is 39.3 Å². The van der Waals surface area contributed by atoms with Crippen LogP contribution >= 0.6 is 11.6 Å². The number of amides is 1. The van der Waals surface area contributed by atoms with Gasteiger partial charge in [-0.25, -0.2) is 9.59 Å². The number of hydrogen-bond donors (Lipinski definition) is 0. The summed E-state index contributed by atoms with van der Waals surface area (Å²) < 4.78 is 53.4. The molecule has 0 aromatic rings.